The average Bonchev–Trinajstić information content (AvgIpc) is 3.31. The van der Waals surface area contributed by atoms with Gasteiger partial charge in [0.15, 0.2) is 5.82 Å². The van der Waals surface area contributed by atoms with Crippen LogP contribution < -0.4 is 5.32 Å². The van der Waals surface area contributed by atoms with Gasteiger partial charge < -0.3 is 14.6 Å². The molecule has 9 nitrogen and oxygen atoms in total. The first-order valence-corrected chi connectivity index (χ1v) is 9.88. The van der Waals surface area contributed by atoms with Crippen LogP contribution in [-0.2, 0) is 14.3 Å². The molecule has 1 aliphatic heterocycles. The summed E-state index contributed by atoms with van der Waals surface area (Å²) >= 11 is 0. The average molecular weight is 433 g/mol. The number of benzene rings is 2. The highest BCUT2D eigenvalue weighted by atomic mass is 16.5. The molecule has 0 fully saturated rings. The molecule has 4 rings (SSSR count). The van der Waals surface area contributed by atoms with E-state index in [4.69, 9.17) is 9.26 Å². The van der Waals surface area contributed by atoms with Gasteiger partial charge in [0, 0.05) is 18.2 Å². The number of esters is 1. The van der Waals surface area contributed by atoms with E-state index >= 15 is 0 Å². The fourth-order valence-electron chi connectivity index (χ4n) is 3.35. The van der Waals surface area contributed by atoms with Crippen LogP contribution in [0.2, 0.25) is 0 Å². The Hall–Kier alpha value is -4.27. The Bertz CT molecular complexity index is 1150. The second kappa shape index (κ2) is 8.84. The van der Waals surface area contributed by atoms with Crippen molar-refractivity contribution in [2.75, 3.05) is 11.9 Å². The van der Waals surface area contributed by atoms with Crippen molar-refractivity contribution in [3.8, 4) is 0 Å². The van der Waals surface area contributed by atoms with Crippen LogP contribution in [0.25, 0.3) is 0 Å². The number of hydrogen-bond acceptors (Lipinski definition) is 7. The summed E-state index contributed by atoms with van der Waals surface area (Å²) in [6.45, 7) is 1.52. The van der Waals surface area contributed by atoms with E-state index in [2.05, 4.69) is 10.5 Å². The molecule has 2 aromatic carbocycles. The summed E-state index contributed by atoms with van der Waals surface area (Å²) in [6, 6.07) is 16.5. The molecule has 1 aromatic heterocycles. The summed E-state index contributed by atoms with van der Waals surface area (Å²) in [5.41, 5.74) is 1.06. The van der Waals surface area contributed by atoms with Crippen LogP contribution in [-0.4, -0.2) is 40.3 Å². The van der Waals surface area contributed by atoms with Gasteiger partial charge in [-0.05, 0) is 19.1 Å². The Labute approximate surface area is 182 Å². The summed E-state index contributed by atoms with van der Waals surface area (Å²) in [5, 5.41) is 6.26. The predicted octanol–water partition coefficient (Wildman–Crippen LogP) is 2.89. The minimum absolute atomic E-state index is 0.156. The zero-order valence-electron chi connectivity index (χ0n) is 17.1. The minimum atomic E-state index is -1.25. The fraction of sp³-hybridized carbons (Fsp3) is 0.174. The number of amides is 3. The lowest BCUT2D eigenvalue weighted by atomic mass is 10.1. The number of carbonyl (C=O) groups is 4. The number of rotatable bonds is 7. The van der Waals surface area contributed by atoms with Crippen molar-refractivity contribution in [3.63, 3.8) is 0 Å². The molecule has 9 heteroatoms. The maximum Gasteiger partial charge on any atom is 0.308 e. The lowest BCUT2D eigenvalue weighted by Gasteiger charge is -2.18. The molecule has 0 unspecified atom stereocenters. The summed E-state index contributed by atoms with van der Waals surface area (Å²) < 4.78 is 10.4. The number of nitrogens with zero attached hydrogens (tertiary/aromatic N) is 2. The second-order valence-corrected chi connectivity index (χ2v) is 7.15. The SMILES string of the molecule is Cc1cc(NC(=O)[C@@H](OC(=O)CCN2C(=O)c3ccccc3C2=O)c2ccccc2)no1. The molecule has 0 spiro atoms. The van der Waals surface area contributed by atoms with E-state index in [0.29, 0.717) is 22.5 Å². The van der Waals surface area contributed by atoms with E-state index < -0.39 is 29.8 Å². The molecular formula is C23H19N3O6. The van der Waals surface area contributed by atoms with Gasteiger partial charge in [-0.25, -0.2) is 0 Å². The fourth-order valence-corrected chi connectivity index (χ4v) is 3.35. The molecule has 162 valence electrons. The van der Waals surface area contributed by atoms with E-state index in [-0.39, 0.29) is 18.8 Å². The van der Waals surface area contributed by atoms with E-state index in [1.165, 1.54) is 6.07 Å². The van der Waals surface area contributed by atoms with Gasteiger partial charge in [0.25, 0.3) is 17.7 Å². The van der Waals surface area contributed by atoms with Crippen molar-refractivity contribution >= 4 is 29.5 Å². The standard InChI is InChI=1S/C23H19N3O6/c1-14-13-18(25-32-14)24-21(28)20(15-7-3-2-4-8-15)31-19(27)11-12-26-22(29)16-9-5-6-10-17(16)23(26)30/h2-10,13,20H,11-12H2,1H3,(H,24,25,28)/t20-/m0/s1. The summed E-state index contributed by atoms with van der Waals surface area (Å²) in [6.07, 6.45) is -1.51. The summed E-state index contributed by atoms with van der Waals surface area (Å²) in [4.78, 5) is 51.2. The third-order valence-electron chi connectivity index (χ3n) is 4.89. The zero-order valence-corrected chi connectivity index (χ0v) is 17.1. The van der Waals surface area contributed by atoms with Gasteiger partial charge in [0.1, 0.15) is 5.76 Å². The van der Waals surface area contributed by atoms with Gasteiger partial charge in [-0.3, -0.25) is 24.1 Å². The predicted molar refractivity (Wildman–Crippen MR) is 112 cm³/mol. The highest BCUT2D eigenvalue weighted by Crippen LogP contribution is 2.24. The van der Waals surface area contributed by atoms with E-state index in [9.17, 15) is 19.2 Å². The third kappa shape index (κ3) is 4.27. The molecule has 32 heavy (non-hydrogen) atoms. The molecule has 1 aliphatic rings. The van der Waals surface area contributed by atoms with Crippen LogP contribution in [0.15, 0.2) is 65.2 Å². The number of hydrogen-bond donors (Lipinski definition) is 1. The van der Waals surface area contributed by atoms with Crippen LogP contribution >= 0.6 is 0 Å². The van der Waals surface area contributed by atoms with Gasteiger partial charge in [0.2, 0.25) is 6.10 Å². The molecule has 3 amide bonds. The number of nitrogens with one attached hydrogen (secondary N) is 1. The Kier molecular flexibility index (Phi) is 5.80. The number of anilines is 1. The Morgan fingerprint density at radius 3 is 2.25 bits per heavy atom. The van der Waals surface area contributed by atoms with Gasteiger partial charge in [0.05, 0.1) is 17.5 Å². The molecule has 3 aromatic rings. The van der Waals surface area contributed by atoms with Crippen LogP contribution in [0.4, 0.5) is 5.82 Å². The van der Waals surface area contributed by atoms with E-state index in [1.807, 2.05) is 0 Å². The van der Waals surface area contributed by atoms with Gasteiger partial charge in [-0.2, -0.15) is 0 Å². The first-order valence-electron chi connectivity index (χ1n) is 9.88. The normalized spacial score (nSPS) is 13.6. The molecule has 0 saturated carbocycles. The second-order valence-electron chi connectivity index (χ2n) is 7.15. The topological polar surface area (TPSA) is 119 Å². The largest absolute Gasteiger partial charge is 0.447 e. The first-order chi connectivity index (χ1) is 15.4. The maximum absolute atomic E-state index is 12.8. The molecule has 0 radical (unpaired) electrons. The lowest BCUT2D eigenvalue weighted by Crippen LogP contribution is -2.33. The quantitative estimate of drug-likeness (QED) is 0.449. The monoisotopic (exact) mass is 433 g/mol. The van der Waals surface area contributed by atoms with Crippen LogP contribution in [0, 0.1) is 6.92 Å². The third-order valence-corrected chi connectivity index (χ3v) is 4.89. The molecule has 0 bridgehead atoms. The van der Waals surface area contributed by atoms with Crippen LogP contribution in [0.1, 0.15) is 44.6 Å². The molecule has 0 saturated heterocycles. The number of carbonyl (C=O) groups excluding carboxylic acids is 4. The van der Waals surface area contributed by atoms with E-state index in [0.717, 1.165) is 4.90 Å². The maximum atomic E-state index is 12.8. The molecule has 2 heterocycles. The molecule has 1 N–H and O–H groups in total. The lowest BCUT2D eigenvalue weighted by molar-refractivity contribution is -0.154. The zero-order chi connectivity index (χ0) is 22.7. The molecule has 1 atom stereocenters. The Morgan fingerprint density at radius 1 is 1.03 bits per heavy atom. The highest BCUT2D eigenvalue weighted by molar-refractivity contribution is 6.21. The van der Waals surface area contributed by atoms with Crippen molar-refractivity contribution in [1.29, 1.82) is 0 Å². The Balaban J connectivity index is 1.43. The van der Waals surface area contributed by atoms with Crippen LogP contribution in [0.5, 0.6) is 0 Å². The minimum Gasteiger partial charge on any atom is -0.447 e. The van der Waals surface area contributed by atoms with Gasteiger partial charge >= 0.3 is 5.97 Å². The first kappa shape index (κ1) is 21.0. The molecular weight excluding hydrogens is 414 g/mol. The van der Waals surface area contributed by atoms with Crippen molar-refractivity contribution in [1.82, 2.24) is 10.1 Å². The van der Waals surface area contributed by atoms with Crippen molar-refractivity contribution < 1.29 is 28.4 Å². The van der Waals surface area contributed by atoms with Crippen molar-refractivity contribution in [2.24, 2.45) is 0 Å². The number of fused-ring (bicyclic) bond motifs is 1. The van der Waals surface area contributed by atoms with E-state index in [1.54, 1.807) is 61.5 Å². The molecule has 0 aliphatic carbocycles. The number of imide groups is 1. The number of ether oxygens (including phenoxy) is 1. The highest BCUT2D eigenvalue weighted by Gasteiger charge is 2.35. The Morgan fingerprint density at radius 2 is 1.66 bits per heavy atom. The number of aromatic nitrogens is 1. The summed E-state index contributed by atoms with van der Waals surface area (Å²) in [7, 11) is 0. The van der Waals surface area contributed by atoms with Gasteiger partial charge in [-0.1, -0.05) is 47.6 Å². The van der Waals surface area contributed by atoms with Gasteiger partial charge in [-0.15, -0.1) is 0 Å². The van der Waals surface area contributed by atoms with Crippen molar-refractivity contribution in [2.45, 2.75) is 19.4 Å². The smallest absolute Gasteiger partial charge is 0.308 e. The van der Waals surface area contributed by atoms with Crippen LogP contribution in [0.3, 0.4) is 0 Å². The number of aryl methyl sites for hydroxylation is 1. The summed E-state index contributed by atoms with van der Waals surface area (Å²) in [5.74, 6) is -1.57. The van der Waals surface area contributed by atoms with Crippen molar-refractivity contribution in [3.05, 3.63) is 83.1 Å².